The smallest absolute Gasteiger partial charge is 0.410 e. The molecule has 1 saturated heterocycles. The fraction of sp³-hybridized carbons (Fsp3) is 0.565. The summed E-state index contributed by atoms with van der Waals surface area (Å²) >= 11 is 0. The van der Waals surface area contributed by atoms with Gasteiger partial charge in [0, 0.05) is 50.0 Å². The first-order valence-electron chi connectivity index (χ1n) is 10.4. The zero-order valence-electron chi connectivity index (χ0n) is 17.6. The number of fused-ring (bicyclic) bond motifs is 1. The van der Waals surface area contributed by atoms with Gasteiger partial charge < -0.3 is 9.64 Å². The number of amides is 1. The second-order valence-corrected chi connectivity index (χ2v) is 8.76. The molecule has 1 aliphatic rings. The van der Waals surface area contributed by atoms with Gasteiger partial charge in [0.25, 0.3) is 0 Å². The van der Waals surface area contributed by atoms with Crippen LogP contribution in [-0.2, 0) is 11.3 Å². The Bertz CT molecular complexity index is 800. The van der Waals surface area contributed by atoms with E-state index in [1.807, 2.05) is 38.1 Å². The molecule has 0 bridgehead atoms. The van der Waals surface area contributed by atoms with Gasteiger partial charge in [0.15, 0.2) is 0 Å². The second kappa shape index (κ2) is 8.91. The van der Waals surface area contributed by atoms with Gasteiger partial charge in [0.1, 0.15) is 5.60 Å². The molecule has 152 valence electrons. The highest BCUT2D eigenvalue weighted by Gasteiger charge is 2.32. The first kappa shape index (κ1) is 20.6. The molecule has 1 aromatic heterocycles. The summed E-state index contributed by atoms with van der Waals surface area (Å²) in [7, 11) is 0. The Morgan fingerprint density at radius 3 is 2.86 bits per heavy atom. The van der Waals surface area contributed by atoms with Crippen LogP contribution in [0.2, 0.25) is 0 Å². The second-order valence-electron chi connectivity index (χ2n) is 8.76. The van der Waals surface area contributed by atoms with Crippen LogP contribution in [0.3, 0.4) is 0 Å². The van der Waals surface area contributed by atoms with Crippen molar-refractivity contribution in [3.05, 3.63) is 42.2 Å². The summed E-state index contributed by atoms with van der Waals surface area (Å²) in [5, 5.41) is 2.39. The van der Waals surface area contributed by atoms with Crippen molar-refractivity contribution in [1.29, 1.82) is 0 Å². The third-order valence-corrected chi connectivity index (χ3v) is 5.18. The number of benzene rings is 1. The number of nitrogens with zero attached hydrogens (tertiary/aromatic N) is 3. The van der Waals surface area contributed by atoms with Crippen LogP contribution in [0.5, 0.6) is 0 Å². The minimum atomic E-state index is -0.459. The lowest BCUT2D eigenvalue weighted by Gasteiger charge is -2.31. The number of pyridine rings is 1. The number of aromatic nitrogens is 1. The van der Waals surface area contributed by atoms with Gasteiger partial charge in [0.05, 0.1) is 0 Å². The number of rotatable bonds is 6. The van der Waals surface area contributed by atoms with E-state index in [-0.39, 0.29) is 12.1 Å². The quantitative estimate of drug-likeness (QED) is 0.716. The van der Waals surface area contributed by atoms with Crippen molar-refractivity contribution in [1.82, 2.24) is 14.8 Å². The average molecular weight is 384 g/mol. The molecule has 0 spiro atoms. The first-order valence-corrected chi connectivity index (χ1v) is 10.4. The SMILES string of the molecule is CCCCN(C(=O)OC(C)(C)C)[C@H]1CCN(Cc2ccc3cnccc3c2)C1. The first-order chi connectivity index (χ1) is 13.4. The summed E-state index contributed by atoms with van der Waals surface area (Å²) in [4.78, 5) is 21.3. The van der Waals surface area contributed by atoms with Crippen LogP contribution in [0.15, 0.2) is 36.7 Å². The molecule has 1 fully saturated rings. The summed E-state index contributed by atoms with van der Waals surface area (Å²) in [6.07, 6.45) is 6.64. The van der Waals surface area contributed by atoms with E-state index in [1.165, 1.54) is 16.3 Å². The Labute approximate surface area is 168 Å². The van der Waals surface area contributed by atoms with Gasteiger partial charge in [0.2, 0.25) is 0 Å². The van der Waals surface area contributed by atoms with Crippen LogP contribution in [-0.4, -0.2) is 52.2 Å². The summed E-state index contributed by atoms with van der Waals surface area (Å²) < 4.78 is 5.67. The molecule has 1 amide bonds. The van der Waals surface area contributed by atoms with E-state index in [1.54, 1.807) is 0 Å². The van der Waals surface area contributed by atoms with Crippen molar-refractivity contribution in [3.8, 4) is 0 Å². The maximum Gasteiger partial charge on any atom is 0.410 e. The van der Waals surface area contributed by atoms with Crippen LogP contribution >= 0.6 is 0 Å². The van der Waals surface area contributed by atoms with Crippen LogP contribution in [0.25, 0.3) is 10.8 Å². The third kappa shape index (κ3) is 5.44. The monoisotopic (exact) mass is 383 g/mol. The lowest BCUT2D eigenvalue weighted by atomic mass is 10.1. The maximum absolute atomic E-state index is 12.7. The van der Waals surface area contributed by atoms with E-state index < -0.39 is 5.60 Å². The zero-order chi connectivity index (χ0) is 20.1. The highest BCUT2D eigenvalue weighted by atomic mass is 16.6. The standard InChI is InChI=1S/C23H33N3O2/c1-5-6-12-26(22(27)28-23(2,3)4)21-10-13-25(17-21)16-18-7-8-20-15-24-11-9-19(20)14-18/h7-9,11,14-15,21H,5-6,10,12-13,16-17H2,1-4H3/t21-/m0/s1. The molecule has 2 heterocycles. The van der Waals surface area contributed by atoms with Gasteiger partial charge in [-0.3, -0.25) is 9.88 Å². The van der Waals surface area contributed by atoms with Crippen LogP contribution < -0.4 is 0 Å². The number of hydrogen-bond donors (Lipinski definition) is 0. The topological polar surface area (TPSA) is 45.7 Å². The number of ether oxygens (including phenoxy) is 1. The molecule has 0 radical (unpaired) electrons. The predicted molar refractivity (Wildman–Crippen MR) is 113 cm³/mol. The number of carbonyl (C=O) groups excluding carboxylic acids is 1. The van der Waals surface area contributed by atoms with E-state index in [2.05, 4.69) is 41.1 Å². The molecule has 5 heteroatoms. The molecule has 1 aromatic carbocycles. The van der Waals surface area contributed by atoms with E-state index in [9.17, 15) is 4.79 Å². The lowest BCUT2D eigenvalue weighted by Crippen LogP contribution is -2.45. The van der Waals surface area contributed by atoms with Crippen LogP contribution in [0, 0.1) is 0 Å². The summed E-state index contributed by atoms with van der Waals surface area (Å²) in [6.45, 7) is 11.5. The Hall–Kier alpha value is -2.14. The number of likely N-dealkylation sites (tertiary alicyclic amines) is 1. The lowest BCUT2D eigenvalue weighted by molar-refractivity contribution is 0.0164. The Morgan fingerprint density at radius 2 is 2.11 bits per heavy atom. The van der Waals surface area contributed by atoms with Gasteiger partial charge >= 0.3 is 6.09 Å². The number of carbonyl (C=O) groups is 1. The predicted octanol–water partition coefficient (Wildman–Crippen LogP) is 4.85. The summed E-state index contributed by atoms with van der Waals surface area (Å²) in [6, 6.07) is 8.85. The van der Waals surface area contributed by atoms with Gasteiger partial charge in [-0.15, -0.1) is 0 Å². The molecule has 0 N–H and O–H groups in total. The normalized spacial score (nSPS) is 17.8. The van der Waals surface area contributed by atoms with Crippen LogP contribution in [0.4, 0.5) is 4.79 Å². The minimum Gasteiger partial charge on any atom is -0.444 e. The average Bonchev–Trinajstić information content (AvgIpc) is 3.08. The fourth-order valence-corrected chi connectivity index (χ4v) is 3.77. The Balaban J connectivity index is 1.64. The van der Waals surface area contributed by atoms with Crippen molar-refractivity contribution in [2.24, 2.45) is 0 Å². The minimum absolute atomic E-state index is 0.175. The third-order valence-electron chi connectivity index (χ3n) is 5.18. The Morgan fingerprint density at radius 1 is 1.29 bits per heavy atom. The van der Waals surface area contributed by atoms with Gasteiger partial charge in [-0.25, -0.2) is 4.79 Å². The Kier molecular flexibility index (Phi) is 6.55. The number of hydrogen-bond acceptors (Lipinski definition) is 4. The zero-order valence-corrected chi connectivity index (χ0v) is 17.6. The van der Waals surface area contributed by atoms with Crippen molar-refractivity contribution < 1.29 is 9.53 Å². The van der Waals surface area contributed by atoms with Crippen LogP contribution in [0.1, 0.15) is 52.5 Å². The van der Waals surface area contributed by atoms with E-state index >= 15 is 0 Å². The maximum atomic E-state index is 12.7. The van der Waals surface area contributed by atoms with E-state index in [0.29, 0.717) is 0 Å². The largest absolute Gasteiger partial charge is 0.444 e. The highest BCUT2D eigenvalue weighted by molar-refractivity contribution is 5.82. The molecule has 2 aromatic rings. The molecule has 0 aliphatic carbocycles. The van der Waals surface area contributed by atoms with Gasteiger partial charge in [-0.05, 0) is 56.7 Å². The summed E-state index contributed by atoms with van der Waals surface area (Å²) in [5.41, 5.74) is 0.844. The van der Waals surface area contributed by atoms with Gasteiger partial charge in [-0.2, -0.15) is 0 Å². The van der Waals surface area contributed by atoms with Crippen molar-refractivity contribution in [3.63, 3.8) is 0 Å². The molecule has 1 aliphatic heterocycles. The molecular formula is C23H33N3O2. The molecule has 0 saturated carbocycles. The summed E-state index contributed by atoms with van der Waals surface area (Å²) in [5.74, 6) is 0. The van der Waals surface area contributed by atoms with E-state index in [4.69, 9.17) is 4.74 Å². The fourth-order valence-electron chi connectivity index (χ4n) is 3.77. The number of unbranched alkanes of at least 4 members (excludes halogenated alkanes) is 1. The molecule has 0 unspecified atom stereocenters. The van der Waals surface area contributed by atoms with E-state index in [0.717, 1.165) is 45.4 Å². The molecule has 5 nitrogen and oxygen atoms in total. The molecule has 3 rings (SSSR count). The molecule has 1 atom stereocenters. The highest BCUT2D eigenvalue weighted by Crippen LogP contribution is 2.22. The van der Waals surface area contributed by atoms with Crippen molar-refractivity contribution >= 4 is 16.9 Å². The molecular weight excluding hydrogens is 350 g/mol. The van der Waals surface area contributed by atoms with Gasteiger partial charge in [-0.1, -0.05) is 25.5 Å². The van der Waals surface area contributed by atoms with Crippen molar-refractivity contribution in [2.75, 3.05) is 19.6 Å². The molecule has 28 heavy (non-hydrogen) atoms. The van der Waals surface area contributed by atoms with Crippen molar-refractivity contribution in [2.45, 2.75) is 65.1 Å².